The molecule has 3 rings (SSSR count). The number of hydrogen-bond donors (Lipinski definition) is 2. The molecule has 0 spiro atoms. The molecule has 3 aromatic rings. The molecule has 2 aromatic carbocycles. The van der Waals surface area contributed by atoms with Gasteiger partial charge in [-0.15, -0.1) is 10.2 Å². The van der Waals surface area contributed by atoms with E-state index in [0.29, 0.717) is 28.7 Å². The fourth-order valence-electron chi connectivity index (χ4n) is 2.60. The van der Waals surface area contributed by atoms with Gasteiger partial charge < -0.3 is 25.0 Å². The number of methoxy groups -OCH3 is 2. The van der Waals surface area contributed by atoms with Gasteiger partial charge >= 0.3 is 0 Å². The number of amides is 1. The zero-order valence-corrected chi connectivity index (χ0v) is 16.8. The highest BCUT2D eigenvalue weighted by Crippen LogP contribution is 2.30. The van der Waals surface area contributed by atoms with Gasteiger partial charge in [0.05, 0.1) is 19.9 Å². The quantitative estimate of drug-likeness (QED) is 0.634. The standard InChI is InChI=1S/C21H23N5O3/c1-26(2)15-7-5-14(6-8-15)22-21(27)18-11-12-20(25-24-18)23-17-10-9-16(28-3)13-19(17)29-4/h5-13H,1-4H3,(H,22,27)(H,23,25). The normalized spacial score (nSPS) is 10.2. The molecule has 0 aliphatic carbocycles. The highest BCUT2D eigenvalue weighted by molar-refractivity contribution is 6.02. The van der Waals surface area contributed by atoms with E-state index in [2.05, 4.69) is 20.8 Å². The molecule has 0 fully saturated rings. The molecule has 29 heavy (non-hydrogen) atoms. The third kappa shape index (κ3) is 4.92. The number of rotatable bonds is 7. The first-order chi connectivity index (χ1) is 14.0. The lowest BCUT2D eigenvalue weighted by molar-refractivity contribution is 0.102. The second-order valence-corrected chi connectivity index (χ2v) is 6.39. The fraction of sp³-hybridized carbons (Fsp3) is 0.190. The lowest BCUT2D eigenvalue weighted by Crippen LogP contribution is -2.15. The van der Waals surface area contributed by atoms with E-state index < -0.39 is 0 Å². The van der Waals surface area contributed by atoms with Crippen LogP contribution in [0.1, 0.15) is 10.5 Å². The molecule has 0 bridgehead atoms. The number of nitrogens with zero attached hydrogens (tertiary/aromatic N) is 3. The van der Waals surface area contributed by atoms with Crippen molar-refractivity contribution in [2.45, 2.75) is 0 Å². The van der Waals surface area contributed by atoms with Crippen LogP contribution in [0.3, 0.4) is 0 Å². The molecule has 0 unspecified atom stereocenters. The summed E-state index contributed by atoms with van der Waals surface area (Å²) in [6.07, 6.45) is 0. The van der Waals surface area contributed by atoms with Crippen LogP contribution in [0.4, 0.5) is 22.9 Å². The van der Waals surface area contributed by atoms with Gasteiger partial charge in [-0.2, -0.15) is 0 Å². The summed E-state index contributed by atoms with van der Waals surface area (Å²) in [5, 5.41) is 14.0. The molecule has 1 amide bonds. The number of nitrogens with one attached hydrogen (secondary N) is 2. The molecule has 8 nitrogen and oxygen atoms in total. The lowest BCUT2D eigenvalue weighted by Gasteiger charge is -2.13. The molecule has 0 radical (unpaired) electrons. The van der Waals surface area contributed by atoms with Crippen LogP contribution in [-0.2, 0) is 0 Å². The van der Waals surface area contributed by atoms with Crippen LogP contribution >= 0.6 is 0 Å². The van der Waals surface area contributed by atoms with Crippen LogP contribution < -0.4 is 25.0 Å². The van der Waals surface area contributed by atoms with Crippen molar-refractivity contribution in [3.05, 3.63) is 60.3 Å². The van der Waals surface area contributed by atoms with Crippen molar-refractivity contribution in [1.82, 2.24) is 10.2 Å². The number of benzene rings is 2. The SMILES string of the molecule is COc1ccc(Nc2ccc(C(=O)Nc3ccc(N(C)C)cc3)nn2)c(OC)c1. The number of aromatic nitrogens is 2. The molecule has 1 heterocycles. The second kappa shape index (κ2) is 8.92. The third-order valence-electron chi connectivity index (χ3n) is 4.21. The Kier molecular flexibility index (Phi) is 6.13. The lowest BCUT2D eigenvalue weighted by atomic mass is 10.2. The van der Waals surface area contributed by atoms with E-state index in [1.807, 2.05) is 55.4 Å². The van der Waals surface area contributed by atoms with E-state index >= 15 is 0 Å². The fourth-order valence-corrected chi connectivity index (χ4v) is 2.60. The summed E-state index contributed by atoms with van der Waals surface area (Å²) < 4.78 is 10.5. The Morgan fingerprint density at radius 3 is 2.28 bits per heavy atom. The first-order valence-corrected chi connectivity index (χ1v) is 8.91. The summed E-state index contributed by atoms with van der Waals surface area (Å²) >= 11 is 0. The molecule has 0 atom stereocenters. The Bertz CT molecular complexity index is 973. The van der Waals surface area contributed by atoms with Gasteiger partial charge in [0.1, 0.15) is 11.5 Å². The third-order valence-corrected chi connectivity index (χ3v) is 4.21. The van der Waals surface area contributed by atoms with Gasteiger partial charge in [0.2, 0.25) is 0 Å². The summed E-state index contributed by atoms with van der Waals surface area (Å²) in [5.74, 6) is 1.45. The maximum atomic E-state index is 12.4. The number of hydrogen-bond acceptors (Lipinski definition) is 7. The largest absolute Gasteiger partial charge is 0.497 e. The van der Waals surface area contributed by atoms with E-state index in [9.17, 15) is 4.79 Å². The Labute approximate surface area is 169 Å². The second-order valence-electron chi connectivity index (χ2n) is 6.39. The minimum absolute atomic E-state index is 0.217. The van der Waals surface area contributed by atoms with E-state index in [-0.39, 0.29) is 11.6 Å². The van der Waals surface area contributed by atoms with Crippen LogP contribution in [-0.4, -0.2) is 44.4 Å². The van der Waals surface area contributed by atoms with Crippen LogP contribution in [0.15, 0.2) is 54.6 Å². The number of carbonyl (C=O) groups is 1. The van der Waals surface area contributed by atoms with Crippen molar-refractivity contribution < 1.29 is 14.3 Å². The molecule has 0 saturated heterocycles. The predicted molar refractivity (Wildman–Crippen MR) is 114 cm³/mol. The summed E-state index contributed by atoms with van der Waals surface area (Å²) in [5.41, 5.74) is 2.66. The van der Waals surface area contributed by atoms with Crippen LogP contribution in [0.2, 0.25) is 0 Å². The summed E-state index contributed by atoms with van der Waals surface area (Å²) in [7, 11) is 7.08. The van der Waals surface area contributed by atoms with Crippen LogP contribution in [0.5, 0.6) is 11.5 Å². The minimum atomic E-state index is -0.330. The molecule has 2 N–H and O–H groups in total. The summed E-state index contributed by atoms with van der Waals surface area (Å²) in [4.78, 5) is 14.4. The van der Waals surface area contributed by atoms with Gasteiger partial charge in [-0.25, -0.2) is 0 Å². The summed E-state index contributed by atoms with van der Waals surface area (Å²) in [6.45, 7) is 0. The maximum Gasteiger partial charge on any atom is 0.276 e. The molecular weight excluding hydrogens is 370 g/mol. The summed E-state index contributed by atoms with van der Waals surface area (Å²) in [6, 6.07) is 16.2. The van der Waals surface area contributed by atoms with Gasteiger partial charge in [-0.05, 0) is 48.5 Å². The van der Waals surface area contributed by atoms with E-state index in [1.54, 1.807) is 32.4 Å². The van der Waals surface area contributed by atoms with Crippen molar-refractivity contribution in [1.29, 1.82) is 0 Å². The smallest absolute Gasteiger partial charge is 0.276 e. The zero-order chi connectivity index (χ0) is 20.8. The molecule has 0 aliphatic heterocycles. The van der Waals surface area contributed by atoms with Gasteiger partial charge in [-0.3, -0.25) is 4.79 Å². The van der Waals surface area contributed by atoms with E-state index in [4.69, 9.17) is 9.47 Å². The van der Waals surface area contributed by atoms with Crippen molar-refractivity contribution in [2.75, 3.05) is 43.8 Å². The monoisotopic (exact) mass is 393 g/mol. The highest BCUT2D eigenvalue weighted by Gasteiger charge is 2.11. The zero-order valence-electron chi connectivity index (χ0n) is 16.8. The Balaban J connectivity index is 1.67. The highest BCUT2D eigenvalue weighted by atomic mass is 16.5. The first kappa shape index (κ1) is 19.9. The Morgan fingerprint density at radius 2 is 1.69 bits per heavy atom. The van der Waals surface area contributed by atoms with E-state index in [0.717, 1.165) is 5.69 Å². The van der Waals surface area contributed by atoms with Gasteiger partial charge in [0.25, 0.3) is 5.91 Å². The Hall–Kier alpha value is -3.81. The first-order valence-electron chi connectivity index (χ1n) is 8.91. The van der Waals surface area contributed by atoms with Gasteiger partial charge in [0.15, 0.2) is 11.5 Å². The average molecular weight is 393 g/mol. The molecule has 0 aliphatic rings. The molecular formula is C21H23N5O3. The minimum Gasteiger partial charge on any atom is -0.497 e. The predicted octanol–water partition coefficient (Wildman–Crippen LogP) is 3.56. The van der Waals surface area contributed by atoms with Gasteiger partial charge in [0, 0.05) is 31.5 Å². The maximum absolute atomic E-state index is 12.4. The van der Waals surface area contributed by atoms with Crippen molar-refractivity contribution in [3.8, 4) is 11.5 Å². The van der Waals surface area contributed by atoms with Crippen molar-refractivity contribution >= 4 is 28.8 Å². The van der Waals surface area contributed by atoms with Crippen LogP contribution in [0, 0.1) is 0 Å². The van der Waals surface area contributed by atoms with Gasteiger partial charge in [-0.1, -0.05) is 0 Å². The van der Waals surface area contributed by atoms with E-state index in [1.165, 1.54) is 0 Å². The molecule has 8 heteroatoms. The molecule has 0 saturated carbocycles. The van der Waals surface area contributed by atoms with Crippen molar-refractivity contribution in [3.63, 3.8) is 0 Å². The average Bonchev–Trinajstić information content (AvgIpc) is 2.74. The molecule has 150 valence electrons. The number of ether oxygens (including phenoxy) is 2. The molecule has 1 aromatic heterocycles. The number of carbonyl (C=O) groups excluding carboxylic acids is 1. The van der Waals surface area contributed by atoms with Crippen LogP contribution in [0.25, 0.3) is 0 Å². The van der Waals surface area contributed by atoms with Crippen molar-refractivity contribution in [2.24, 2.45) is 0 Å². The Morgan fingerprint density at radius 1 is 0.931 bits per heavy atom. The number of anilines is 4. The topological polar surface area (TPSA) is 88.6 Å².